The Morgan fingerprint density at radius 3 is 2.92 bits per heavy atom. The Morgan fingerprint density at radius 1 is 1.38 bits per heavy atom. The molecule has 6 nitrogen and oxygen atoms in total. The summed E-state index contributed by atoms with van der Waals surface area (Å²) in [7, 11) is 0. The number of imidazole rings is 1. The van der Waals surface area contributed by atoms with Gasteiger partial charge in [0, 0.05) is 22.8 Å². The summed E-state index contributed by atoms with van der Waals surface area (Å²) in [6.07, 6.45) is 7.26. The average Bonchev–Trinajstić information content (AvgIpc) is 2.88. The molecule has 2 aromatic heterocycles. The molecule has 0 aliphatic heterocycles. The fraction of sp³-hybridized carbons (Fsp3) is 0.588. The number of ether oxygens (including phenoxy) is 1. The lowest BCUT2D eigenvalue weighted by Crippen LogP contribution is -2.41. The molecule has 0 unspecified atom stereocenters. The maximum Gasteiger partial charge on any atom is 0.407 e. The minimum atomic E-state index is -0.476. The summed E-state index contributed by atoms with van der Waals surface area (Å²) in [4.78, 5) is 20.9. The highest BCUT2D eigenvalue weighted by atomic mass is 79.9. The first-order valence-electron chi connectivity index (χ1n) is 8.29. The molecule has 0 spiro atoms. The molecule has 0 saturated heterocycles. The van der Waals surface area contributed by atoms with Gasteiger partial charge >= 0.3 is 6.09 Å². The van der Waals surface area contributed by atoms with E-state index >= 15 is 0 Å². The van der Waals surface area contributed by atoms with Crippen molar-refractivity contribution in [3.63, 3.8) is 0 Å². The van der Waals surface area contributed by atoms with Gasteiger partial charge in [0.25, 0.3) is 0 Å². The van der Waals surface area contributed by atoms with Gasteiger partial charge in [0.1, 0.15) is 11.1 Å². The molecule has 130 valence electrons. The number of nitrogens with one attached hydrogen (secondary N) is 1. The zero-order chi connectivity index (χ0) is 17.3. The molecule has 2 heterocycles. The fourth-order valence-electron chi connectivity index (χ4n) is 3.18. The van der Waals surface area contributed by atoms with E-state index in [1.54, 1.807) is 6.20 Å². The predicted octanol–water partition coefficient (Wildman–Crippen LogP) is 4.20. The molecule has 1 amide bonds. The van der Waals surface area contributed by atoms with Crippen molar-refractivity contribution >= 4 is 33.2 Å². The van der Waals surface area contributed by atoms with Gasteiger partial charge in [-0.1, -0.05) is 0 Å². The summed E-state index contributed by atoms with van der Waals surface area (Å²) < 4.78 is 8.42. The second-order valence-corrected chi connectivity index (χ2v) is 8.23. The van der Waals surface area contributed by atoms with E-state index in [9.17, 15) is 4.79 Å². The normalized spacial score (nSPS) is 21.7. The van der Waals surface area contributed by atoms with Gasteiger partial charge in [-0.3, -0.25) is 0 Å². The quantitative estimate of drug-likeness (QED) is 0.828. The maximum atomic E-state index is 12.0. The van der Waals surface area contributed by atoms with Gasteiger partial charge in [-0.05, 0) is 68.5 Å². The molecule has 0 radical (unpaired) electrons. The van der Waals surface area contributed by atoms with E-state index in [1.807, 2.05) is 33.2 Å². The molecular formula is C17H23BrN4O2. The Balaban J connectivity index is 1.70. The van der Waals surface area contributed by atoms with Crippen LogP contribution < -0.4 is 5.32 Å². The van der Waals surface area contributed by atoms with Crippen molar-refractivity contribution in [1.82, 2.24) is 19.9 Å². The van der Waals surface area contributed by atoms with Gasteiger partial charge in [0.2, 0.25) is 0 Å². The number of carbonyl (C=O) groups is 1. The van der Waals surface area contributed by atoms with Crippen LogP contribution in [0.15, 0.2) is 23.1 Å². The van der Waals surface area contributed by atoms with Crippen LogP contribution in [0.4, 0.5) is 4.79 Å². The van der Waals surface area contributed by atoms with Crippen LogP contribution in [0.2, 0.25) is 0 Å². The van der Waals surface area contributed by atoms with E-state index in [-0.39, 0.29) is 18.2 Å². The lowest BCUT2D eigenvalue weighted by atomic mass is 9.91. The maximum absolute atomic E-state index is 12.0. The lowest BCUT2D eigenvalue weighted by Gasteiger charge is -2.31. The zero-order valence-corrected chi connectivity index (χ0v) is 15.8. The topological polar surface area (TPSA) is 69.0 Å². The highest BCUT2D eigenvalue weighted by molar-refractivity contribution is 9.10. The number of amides is 1. The van der Waals surface area contributed by atoms with Crippen LogP contribution >= 0.6 is 15.9 Å². The van der Waals surface area contributed by atoms with Crippen molar-refractivity contribution in [3.8, 4) is 0 Å². The van der Waals surface area contributed by atoms with E-state index in [4.69, 9.17) is 4.74 Å². The van der Waals surface area contributed by atoms with Crippen LogP contribution in [-0.4, -0.2) is 32.3 Å². The number of carbonyl (C=O) groups excluding carboxylic acids is 1. The van der Waals surface area contributed by atoms with Crippen molar-refractivity contribution in [3.05, 3.63) is 23.1 Å². The summed E-state index contributed by atoms with van der Waals surface area (Å²) >= 11 is 3.43. The van der Waals surface area contributed by atoms with Gasteiger partial charge in [-0.25, -0.2) is 14.8 Å². The number of fused-ring (bicyclic) bond motifs is 1. The molecule has 1 saturated carbocycles. The zero-order valence-electron chi connectivity index (χ0n) is 14.3. The minimum absolute atomic E-state index is 0.117. The molecule has 1 aliphatic rings. The van der Waals surface area contributed by atoms with Crippen molar-refractivity contribution in [2.45, 2.75) is 64.1 Å². The summed E-state index contributed by atoms with van der Waals surface area (Å²) in [5.41, 5.74) is 1.29. The molecule has 0 bridgehead atoms. The first-order valence-corrected chi connectivity index (χ1v) is 9.09. The predicted molar refractivity (Wildman–Crippen MR) is 95.9 cm³/mol. The number of halogens is 1. The fourth-order valence-corrected chi connectivity index (χ4v) is 3.50. The molecule has 2 atom stereocenters. The van der Waals surface area contributed by atoms with E-state index in [0.29, 0.717) is 0 Å². The van der Waals surface area contributed by atoms with Crippen LogP contribution in [0.1, 0.15) is 52.5 Å². The molecule has 1 aliphatic carbocycles. The Labute approximate surface area is 150 Å². The van der Waals surface area contributed by atoms with Crippen LogP contribution in [-0.2, 0) is 4.74 Å². The Bertz CT molecular complexity index is 738. The monoisotopic (exact) mass is 394 g/mol. The van der Waals surface area contributed by atoms with E-state index in [2.05, 4.69) is 35.8 Å². The first kappa shape index (κ1) is 17.2. The summed E-state index contributed by atoms with van der Waals surface area (Å²) in [5.74, 6) is 0. The van der Waals surface area contributed by atoms with E-state index in [1.165, 1.54) is 0 Å². The number of aromatic nitrogens is 3. The van der Waals surface area contributed by atoms with Crippen LogP contribution in [0.3, 0.4) is 0 Å². The van der Waals surface area contributed by atoms with Crippen LogP contribution in [0, 0.1) is 0 Å². The minimum Gasteiger partial charge on any atom is -0.444 e. The largest absolute Gasteiger partial charge is 0.444 e. The van der Waals surface area contributed by atoms with Crippen molar-refractivity contribution in [1.29, 1.82) is 0 Å². The highest BCUT2D eigenvalue weighted by Crippen LogP contribution is 2.31. The molecule has 2 aromatic rings. The lowest BCUT2D eigenvalue weighted by molar-refractivity contribution is 0.0486. The third-order valence-electron chi connectivity index (χ3n) is 4.14. The average molecular weight is 395 g/mol. The second kappa shape index (κ2) is 6.70. The molecule has 0 aromatic carbocycles. The SMILES string of the molecule is CC(C)(C)OC(=O)N[C@@H]1CCC[C@H](n2cnc3cc(Br)cnc32)C1. The number of pyridine rings is 1. The van der Waals surface area contributed by atoms with Gasteiger partial charge in [0.05, 0.1) is 6.33 Å². The molecule has 7 heteroatoms. The highest BCUT2D eigenvalue weighted by Gasteiger charge is 2.27. The Kier molecular flexibility index (Phi) is 4.80. The Morgan fingerprint density at radius 2 is 2.17 bits per heavy atom. The summed E-state index contributed by atoms with van der Waals surface area (Å²) in [6.45, 7) is 5.62. The second-order valence-electron chi connectivity index (χ2n) is 7.31. The standard InChI is InChI=1S/C17H23BrN4O2/c1-17(2,3)24-16(23)21-12-5-4-6-13(8-12)22-10-20-14-7-11(18)9-19-15(14)22/h7,9-10,12-13H,4-6,8H2,1-3H3,(H,21,23)/t12-,13+/m1/s1. The van der Waals surface area contributed by atoms with Gasteiger partial charge < -0.3 is 14.6 Å². The number of alkyl carbamates (subject to hydrolysis) is 1. The third kappa shape index (κ3) is 4.06. The first-order chi connectivity index (χ1) is 11.3. The molecule has 24 heavy (non-hydrogen) atoms. The Hall–Kier alpha value is -1.63. The van der Waals surface area contributed by atoms with Gasteiger partial charge in [0.15, 0.2) is 5.65 Å². The molecule has 1 fully saturated rings. The van der Waals surface area contributed by atoms with Crippen molar-refractivity contribution in [2.24, 2.45) is 0 Å². The van der Waals surface area contributed by atoms with Crippen LogP contribution in [0.25, 0.3) is 11.2 Å². The van der Waals surface area contributed by atoms with Crippen molar-refractivity contribution in [2.75, 3.05) is 0 Å². The smallest absolute Gasteiger partial charge is 0.407 e. The number of hydrogen-bond acceptors (Lipinski definition) is 4. The molecule has 1 N–H and O–H groups in total. The van der Waals surface area contributed by atoms with Gasteiger partial charge in [-0.15, -0.1) is 0 Å². The third-order valence-corrected chi connectivity index (χ3v) is 4.57. The molecule has 3 rings (SSSR count). The molecular weight excluding hydrogens is 372 g/mol. The number of nitrogens with zero attached hydrogens (tertiary/aromatic N) is 3. The van der Waals surface area contributed by atoms with Gasteiger partial charge in [-0.2, -0.15) is 0 Å². The summed E-state index contributed by atoms with van der Waals surface area (Å²) in [6, 6.07) is 2.38. The number of hydrogen-bond donors (Lipinski definition) is 1. The van der Waals surface area contributed by atoms with Crippen LogP contribution in [0.5, 0.6) is 0 Å². The number of rotatable bonds is 2. The van der Waals surface area contributed by atoms with Crippen molar-refractivity contribution < 1.29 is 9.53 Å². The van der Waals surface area contributed by atoms with E-state index < -0.39 is 5.60 Å². The summed E-state index contributed by atoms with van der Waals surface area (Å²) in [5, 5.41) is 3.00. The van der Waals surface area contributed by atoms with E-state index in [0.717, 1.165) is 41.3 Å².